The minimum absolute atomic E-state index is 0.0369. The summed E-state index contributed by atoms with van der Waals surface area (Å²) in [5.74, 6) is 0. The van der Waals surface area contributed by atoms with Gasteiger partial charge in [0.05, 0.1) is 6.54 Å². The van der Waals surface area contributed by atoms with Crippen LogP contribution in [-0.4, -0.2) is 14.8 Å². The van der Waals surface area contributed by atoms with Crippen LogP contribution in [0.15, 0.2) is 21.9 Å². The van der Waals surface area contributed by atoms with Gasteiger partial charge in [-0.3, -0.25) is 4.79 Å². The van der Waals surface area contributed by atoms with E-state index < -0.39 is 0 Å². The summed E-state index contributed by atoms with van der Waals surface area (Å²) in [5.41, 5.74) is 1.54. The molecule has 0 saturated carbocycles. The third-order valence-corrected chi connectivity index (χ3v) is 2.70. The minimum atomic E-state index is -0.0369. The van der Waals surface area contributed by atoms with E-state index in [9.17, 15) is 4.79 Å². The zero-order valence-corrected chi connectivity index (χ0v) is 7.64. The molecule has 0 aromatic carbocycles. The molecule has 0 aliphatic rings. The summed E-state index contributed by atoms with van der Waals surface area (Å²) in [6, 6.07) is 0. The predicted molar refractivity (Wildman–Crippen MR) is 47.6 cm³/mol. The van der Waals surface area contributed by atoms with Crippen LogP contribution < -0.4 is 4.87 Å². The molecule has 0 N–H and O–H groups in total. The molecule has 0 aliphatic carbocycles. The van der Waals surface area contributed by atoms with Crippen molar-refractivity contribution in [2.24, 2.45) is 0 Å². The fraction of sp³-hybridized carbons (Fsp3) is 0.167. The molecule has 0 fully saturated rings. The topological polar surface area (TPSA) is 47.8 Å². The highest BCUT2D eigenvalue weighted by molar-refractivity contribution is 7.09. The monoisotopic (exact) mass is 199 g/mol. The molecule has 12 heavy (non-hydrogen) atoms. The van der Waals surface area contributed by atoms with E-state index in [1.165, 1.54) is 21.5 Å². The summed E-state index contributed by atoms with van der Waals surface area (Å²) >= 11 is 2.62. The zero-order valence-electron chi connectivity index (χ0n) is 6.01. The summed E-state index contributed by atoms with van der Waals surface area (Å²) < 4.78 is 1.41. The first-order chi connectivity index (χ1) is 5.86. The molecule has 0 unspecified atom stereocenters. The molecule has 0 amide bonds. The van der Waals surface area contributed by atoms with Crippen LogP contribution in [0.1, 0.15) is 5.01 Å². The smallest absolute Gasteiger partial charge is 0.255 e. The lowest BCUT2D eigenvalue weighted by Gasteiger charge is -1.92. The molecule has 2 heterocycles. The molecule has 0 spiro atoms. The number of aromatic nitrogens is 3. The lowest BCUT2D eigenvalue weighted by molar-refractivity contribution is 0.663. The normalized spacial score (nSPS) is 10.3. The Hall–Kier alpha value is -1.01. The lowest BCUT2D eigenvalue weighted by atomic mass is 10.7. The molecule has 0 aliphatic heterocycles. The van der Waals surface area contributed by atoms with Crippen molar-refractivity contribution in [3.8, 4) is 0 Å². The Bertz CT molecular complexity index is 402. The van der Waals surface area contributed by atoms with E-state index >= 15 is 0 Å². The Morgan fingerprint density at radius 1 is 1.50 bits per heavy atom. The van der Waals surface area contributed by atoms with Crippen molar-refractivity contribution in [2.45, 2.75) is 6.54 Å². The third-order valence-electron chi connectivity index (χ3n) is 1.32. The maximum absolute atomic E-state index is 11.0. The SMILES string of the molecule is O=c1scnn1Cc1nccs1. The minimum Gasteiger partial charge on any atom is -0.255 e. The van der Waals surface area contributed by atoms with Crippen molar-refractivity contribution in [2.75, 3.05) is 0 Å². The molecular formula is C6H5N3OS2. The molecule has 0 bridgehead atoms. The van der Waals surface area contributed by atoms with E-state index in [-0.39, 0.29) is 4.87 Å². The number of hydrogen-bond donors (Lipinski definition) is 0. The van der Waals surface area contributed by atoms with Gasteiger partial charge in [0.2, 0.25) is 0 Å². The fourth-order valence-electron chi connectivity index (χ4n) is 0.798. The van der Waals surface area contributed by atoms with E-state index in [1.54, 1.807) is 6.20 Å². The van der Waals surface area contributed by atoms with Crippen molar-refractivity contribution < 1.29 is 0 Å². The van der Waals surface area contributed by atoms with Crippen molar-refractivity contribution in [3.63, 3.8) is 0 Å². The third kappa shape index (κ3) is 1.44. The molecule has 2 aromatic rings. The first kappa shape index (κ1) is 7.63. The fourth-order valence-corrected chi connectivity index (χ4v) is 1.88. The second-order valence-corrected chi connectivity index (χ2v) is 3.86. The number of hydrogen-bond acceptors (Lipinski definition) is 5. The molecule has 4 nitrogen and oxygen atoms in total. The Balaban J connectivity index is 2.25. The lowest BCUT2D eigenvalue weighted by Crippen LogP contribution is -2.15. The highest BCUT2D eigenvalue weighted by Gasteiger charge is 2.00. The van der Waals surface area contributed by atoms with E-state index in [2.05, 4.69) is 10.1 Å². The molecule has 6 heteroatoms. The van der Waals surface area contributed by atoms with Gasteiger partial charge in [-0.05, 0) is 0 Å². The van der Waals surface area contributed by atoms with E-state index in [1.807, 2.05) is 5.38 Å². The van der Waals surface area contributed by atoms with Crippen molar-refractivity contribution in [1.29, 1.82) is 0 Å². The zero-order chi connectivity index (χ0) is 8.39. The number of rotatable bonds is 2. The number of nitrogens with zero attached hydrogens (tertiary/aromatic N) is 3. The number of thiazole rings is 1. The first-order valence-electron chi connectivity index (χ1n) is 3.25. The van der Waals surface area contributed by atoms with Gasteiger partial charge in [-0.1, -0.05) is 11.3 Å². The predicted octanol–water partition coefficient (Wildman–Crippen LogP) is 0.810. The maximum atomic E-state index is 11.0. The maximum Gasteiger partial charge on any atom is 0.325 e. The highest BCUT2D eigenvalue weighted by atomic mass is 32.1. The quantitative estimate of drug-likeness (QED) is 0.719. The Morgan fingerprint density at radius 2 is 2.42 bits per heavy atom. The van der Waals surface area contributed by atoms with Crippen LogP contribution in [0.4, 0.5) is 0 Å². The van der Waals surface area contributed by atoms with Crippen molar-refractivity contribution in [1.82, 2.24) is 14.8 Å². The van der Waals surface area contributed by atoms with Crippen LogP contribution in [0, 0.1) is 0 Å². The summed E-state index contributed by atoms with van der Waals surface area (Å²) in [6.45, 7) is 0.486. The van der Waals surface area contributed by atoms with Crippen LogP contribution in [0.25, 0.3) is 0 Å². The van der Waals surface area contributed by atoms with Gasteiger partial charge >= 0.3 is 4.87 Å². The second kappa shape index (κ2) is 3.16. The summed E-state index contributed by atoms with van der Waals surface area (Å²) in [4.78, 5) is 15.1. The summed E-state index contributed by atoms with van der Waals surface area (Å²) in [5, 5.41) is 6.67. The van der Waals surface area contributed by atoms with Crippen LogP contribution in [-0.2, 0) is 6.54 Å². The largest absolute Gasteiger partial charge is 0.325 e. The average Bonchev–Trinajstić information content (AvgIpc) is 2.65. The molecule has 0 atom stereocenters. The van der Waals surface area contributed by atoms with Gasteiger partial charge in [0.25, 0.3) is 0 Å². The molecule has 62 valence electrons. The highest BCUT2D eigenvalue weighted by Crippen LogP contribution is 2.04. The molecular weight excluding hydrogens is 194 g/mol. The first-order valence-corrected chi connectivity index (χ1v) is 5.01. The molecule has 2 rings (SSSR count). The van der Waals surface area contributed by atoms with Crippen LogP contribution >= 0.6 is 22.7 Å². The van der Waals surface area contributed by atoms with Crippen LogP contribution in [0.5, 0.6) is 0 Å². The Labute approximate surface area is 76.1 Å². The van der Waals surface area contributed by atoms with Gasteiger partial charge in [-0.2, -0.15) is 5.10 Å². The Morgan fingerprint density at radius 3 is 3.00 bits per heavy atom. The van der Waals surface area contributed by atoms with Crippen LogP contribution in [0.2, 0.25) is 0 Å². The van der Waals surface area contributed by atoms with Gasteiger partial charge in [0.15, 0.2) is 0 Å². The summed E-state index contributed by atoms with van der Waals surface area (Å²) in [6.07, 6.45) is 1.72. The van der Waals surface area contributed by atoms with E-state index in [0.29, 0.717) is 6.54 Å². The van der Waals surface area contributed by atoms with Gasteiger partial charge < -0.3 is 0 Å². The standard InChI is InChI=1S/C6H5N3OS2/c10-6-9(8-4-12-6)3-5-7-1-2-11-5/h1-2,4H,3H2. The van der Waals surface area contributed by atoms with Gasteiger partial charge in [0, 0.05) is 11.6 Å². The van der Waals surface area contributed by atoms with Gasteiger partial charge in [-0.15, -0.1) is 11.3 Å². The van der Waals surface area contributed by atoms with Crippen molar-refractivity contribution in [3.05, 3.63) is 31.8 Å². The molecule has 0 radical (unpaired) electrons. The second-order valence-electron chi connectivity index (χ2n) is 2.09. The Kier molecular flexibility index (Phi) is 2.01. The van der Waals surface area contributed by atoms with Gasteiger partial charge in [0.1, 0.15) is 10.5 Å². The van der Waals surface area contributed by atoms with Crippen LogP contribution in [0.3, 0.4) is 0 Å². The van der Waals surface area contributed by atoms with Crippen molar-refractivity contribution >= 4 is 22.7 Å². The summed E-state index contributed by atoms with van der Waals surface area (Å²) in [7, 11) is 0. The molecule has 2 aromatic heterocycles. The molecule has 0 saturated heterocycles. The van der Waals surface area contributed by atoms with E-state index in [4.69, 9.17) is 0 Å². The van der Waals surface area contributed by atoms with E-state index in [0.717, 1.165) is 16.3 Å². The average molecular weight is 199 g/mol. The van der Waals surface area contributed by atoms with Gasteiger partial charge in [-0.25, -0.2) is 9.67 Å².